The molecule has 0 saturated carbocycles. The summed E-state index contributed by atoms with van der Waals surface area (Å²) in [5.74, 6) is 1.87. The molecule has 0 unspecified atom stereocenters. The SMILES string of the molecule is CCOC(=O)c1cc(OC)cc2oc(-c3c[nH]c4ccccc34)c(-c3cc(OC)cc(OC)c3)c12. The van der Waals surface area contributed by atoms with Crippen molar-refractivity contribution in [3.05, 3.63) is 66.4 Å². The Kier molecular flexibility index (Phi) is 5.82. The molecule has 0 aliphatic rings. The number of aromatic nitrogens is 1. The summed E-state index contributed by atoms with van der Waals surface area (Å²) in [6, 6.07) is 17.0. The van der Waals surface area contributed by atoms with E-state index in [-0.39, 0.29) is 6.61 Å². The fourth-order valence-corrected chi connectivity index (χ4v) is 4.37. The summed E-state index contributed by atoms with van der Waals surface area (Å²) in [6.45, 7) is 2.02. The molecule has 178 valence electrons. The van der Waals surface area contributed by atoms with Crippen molar-refractivity contribution < 1.29 is 28.2 Å². The number of benzene rings is 3. The third-order valence-electron chi connectivity index (χ3n) is 5.97. The first-order valence-electron chi connectivity index (χ1n) is 11.2. The number of carbonyl (C=O) groups is 1. The zero-order valence-corrected chi connectivity index (χ0v) is 19.9. The van der Waals surface area contributed by atoms with E-state index in [2.05, 4.69) is 4.98 Å². The Hall–Kier alpha value is -4.39. The van der Waals surface area contributed by atoms with Gasteiger partial charge in [-0.3, -0.25) is 0 Å². The van der Waals surface area contributed by atoms with Crippen LogP contribution in [0.1, 0.15) is 17.3 Å². The molecule has 5 aromatic rings. The maximum Gasteiger partial charge on any atom is 0.339 e. The molecule has 0 radical (unpaired) electrons. The predicted octanol–water partition coefficient (Wildman–Crippen LogP) is 6.45. The molecule has 3 aromatic carbocycles. The summed E-state index contributed by atoms with van der Waals surface area (Å²) in [7, 11) is 4.75. The van der Waals surface area contributed by atoms with Gasteiger partial charge in [-0.2, -0.15) is 0 Å². The highest BCUT2D eigenvalue weighted by Gasteiger charge is 2.27. The van der Waals surface area contributed by atoms with E-state index >= 15 is 0 Å². The van der Waals surface area contributed by atoms with Crippen LogP contribution in [0.25, 0.3) is 44.3 Å². The minimum absolute atomic E-state index is 0.243. The zero-order chi connectivity index (χ0) is 24.5. The van der Waals surface area contributed by atoms with Gasteiger partial charge in [0.15, 0.2) is 0 Å². The molecule has 35 heavy (non-hydrogen) atoms. The molecule has 2 aromatic heterocycles. The molecule has 7 nitrogen and oxygen atoms in total. The molecule has 2 heterocycles. The van der Waals surface area contributed by atoms with Crippen LogP contribution in [0.3, 0.4) is 0 Å². The number of nitrogens with one attached hydrogen (secondary N) is 1. The number of hydrogen-bond donors (Lipinski definition) is 1. The summed E-state index contributed by atoms with van der Waals surface area (Å²) >= 11 is 0. The molecule has 5 rings (SSSR count). The number of hydrogen-bond acceptors (Lipinski definition) is 6. The molecule has 0 spiro atoms. The Morgan fingerprint density at radius 3 is 2.29 bits per heavy atom. The van der Waals surface area contributed by atoms with Gasteiger partial charge >= 0.3 is 5.97 Å². The van der Waals surface area contributed by atoms with E-state index in [1.807, 2.05) is 42.6 Å². The van der Waals surface area contributed by atoms with Crippen LogP contribution in [0.2, 0.25) is 0 Å². The standard InChI is InChI=1S/C28H25NO6/c1-5-34-28(30)21-13-19(33-4)14-24-26(21)25(16-10-17(31-2)12-18(11-16)32-3)27(35-24)22-15-29-23-9-7-6-8-20(22)23/h6-15,29H,5H2,1-4H3. The first kappa shape index (κ1) is 22.4. The number of rotatable bonds is 7. The van der Waals surface area contributed by atoms with E-state index in [4.69, 9.17) is 23.4 Å². The van der Waals surface area contributed by atoms with Gasteiger partial charge in [-0.1, -0.05) is 18.2 Å². The monoisotopic (exact) mass is 471 g/mol. The van der Waals surface area contributed by atoms with Crippen LogP contribution in [0.4, 0.5) is 0 Å². The number of aromatic amines is 1. The van der Waals surface area contributed by atoms with Crippen molar-refractivity contribution in [3.63, 3.8) is 0 Å². The number of esters is 1. The number of para-hydroxylation sites is 1. The van der Waals surface area contributed by atoms with E-state index in [0.717, 1.165) is 27.6 Å². The Morgan fingerprint density at radius 1 is 0.914 bits per heavy atom. The average Bonchev–Trinajstić information content (AvgIpc) is 3.49. The normalized spacial score (nSPS) is 11.1. The summed E-state index contributed by atoms with van der Waals surface area (Å²) in [5, 5.41) is 1.62. The van der Waals surface area contributed by atoms with Crippen LogP contribution in [-0.2, 0) is 4.74 Å². The molecule has 1 N–H and O–H groups in total. The van der Waals surface area contributed by atoms with E-state index in [1.54, 1.807) is 46.5 Å². The lowest BCUT2D eigenvalue weighted by Crippen LogP contribution is -2.06. The van der Waals surface area contributed by atoms with Crippen molar-refractivity contribution >= 4 is 27.8 Å². The topological polar surface area (TPSA) is 82.9 Å². The molecule has 0 aliphatic carbocycles. The maximum atomic E-state index is 13.1. The van der Waals surface area contributed by atoms with Gasteiger partial charge in [0.25, 0.3) is 0 Å². The third kappa shape index (κ3) is 3.85. The number of fused-ring (bicyclic) bond motifs is 2. The van der Waals surface area contributed by atoms with Gasteiger partial charge < -0.3 is 28.3 Å². The lowest BCUT2D eigenvalue weighted by Gasteiger charge is -2.11. The molecule has 0 atom stereocenters. The number of furan rings is 1. The molecule has 7 heteroatoms. The first-order valence-corrected chi connectivity index (χ1v) is 11.2. The summed E-state index contributed by atoms with van der Waals surface area (Å²) < 4.78 is 28.4. The van der Waals surface area contributed by atoms with Crippen LogP contribution in [0.5, 0.6) is 17.2 Å². The van der Waals surface area contributed by atoms with Gasteiger partial charge in [0.05, 0.1) is 33.5 Å². The van der Waals surface area contributed by atoms with E-state index < -0.39 is 5.97 Å². The van der Waals surface area contributed by atoms with Crippen LogP contribution in [0, 0.1) is 0 Å². The highest BCUT2D eigenvalue weighted by atomic mass is 16.5. The van der Waals surface area contributed by atoms with Crippen LogP contribution in [0.15, 0.2) is 65.2 Å². The van der Waals surface area contributed by atoms with Crippen molar-refractivity contribution in [2.45, 2.75) is 6.92 Å². The molecule has 0 bridgehead atoms. The van der Waals surface area contributed by atoms with Gasteiger partial charge in [0, 0.05) is 45.7 Å². The lowest BCUT2D eigenvalue weighted by molar-refractivity contribution is 0.0528. The van der Waals surface area contributed by atoms with Crippen LogP contribution in [-0.4, -0.2) is 38.9 Å². The summed E-state index contributed by atoms with van der Waals surface area (Å²) in [4.78, 5) is 16.4. The second kappa shape index (κ2) is 9.10. The fourth-order valence-electron chi connectivity index (χ4n) is 4.37. The maximum absolute atomic E-state index is 13.1. The zero-order valence-electron chi connectivity index (χ0n) is 19.9. The number of H-pyrrole nitrogens is 1. The van der Waals surface area contributed by atoms with Gasteiger partial charge in [0.1, 0.15) is 28.6 Å². The Bertz CT molecular complexity index is 1520. The predicted molar refractivity (Wildman–Crippen MR) is 135 cm³/mol. The van der Waals surface area contributed by atoms with Gasteiger partial charge in [-0.05, 0) is 36.8 Å². The van der Waals surface area contributed by atoms with Crippen LogP contribution < -0.4 is 14.2 Å². The minimum Gasteiger partial charge on any atom is -0.497 e. The van der Waals surface area contributed by atoms with Crippen molar-refractivity contribution in [3.8, 4) is 39.7 Å². The Morgan fingerprint density at radius 2 is 1.60 bits per heavy atom. The number of carbonyl (C=O) groups excluding carboxylic acids is 1. The molecule has 0 saturated heterocycles. The molecule has 0 aliphatic heterocycles. The Labute approximate surface area is 202 Å². The van der Waals surface area contributed by atoms with Crippen molar-refractivity contribution in [1.82, 2.24) is 4.98 Å². The fraction of sp³-hybridized carbons (Fsp3) is 0.179. The molecule has 0 amide bonds. The molecule has 0 fully saturated rings. The minimum atomic E-state index is -0.459. The second-order valence-corrected chi connectivity index (χ2v) is 7.92. The van der Waals surface area contributed by atoms with E-state index in [9.17, 15) is 4.79 Å². The molecular formula is C28H25NO6. The average molecular weight is 472 g/mol. The Balaban J connectivity index is 1.92. The first-order chi connectivity index (χ1) is 17.1. The van der Waals surface area contributed by atoms with Crippen molar-refractivity contribution in [2.75, 3.05) is 27.9 Å². The quantitative estimate of drug-likeness (QED) is 0.275. The highest BCUT2D eigenvalue weighted by molar-refractivity contribution is 6.14. The number of ether oxygens (including phenoxy) is 4. The third-order valence-corrected chi connectivity index (χ3v) is 5.97. The second-order valence-electron chi connectivity index (χ2n) is 7.92. The largest absolute Gasteiger partial charge is 0.497 e. The summed E-state index contributed by atoms with van der Waals surface area (Å²) in [5.41, 5.74) is 4.20. The van der Waals surface area contributed by atoms with E-state index in [1.165, 1.54) is 0 Å². The summed E-state index contributed by atoms with van der Waals surface area (Å²) in [6.07, 6.45) is 1.91. The molecular weight excluding hydrogens is 446 g/mol. The van der Waals surface area contributed by atoms with E-state index in [0.29, 0.717) is 39.5 Å². The van der Waals surface area contributed by atoms with Gasteiger partial charge in [0.2, 0.25) is 0 Å². The van der Waals surface area contributed by atoms with Crippen molar-refractivity contribution in [2.24, 2.45) is 0 Å². The highest BCUT2D eigenvalue weighted by Crippen LogP contribution is 2.47. The van der Waals surface area contributed by atoms with Gasteiger partial charge in [-0.15, -0.1) is 0 Å². The lowest BCUT2D eigenvalue weighted by atomic mass is 9.95. The van der Waals surface area contributed by atoms with Crippen LogP contribution >= 0.6 is 0 Å². The van der Waals surface area contributed by atoms with Gasteiger partial charge in [-0.25, -0.2) is 4.79 Å². The number of methoxy groups -OCH3 is 3. The van der Waals surface area contributed by atoms with Crippen molar-refractivity contribution in [1.29, 1.82) is 0 Å². The smallest absolute Gasteiger partial charge is 0.339 e.